The average molecular weight is 728 g/mol. The summed E-state index contributed by atoms with van der Waals surface area (Å²) in [5.74, 6) is 0. The first-order chi connectivity index (χ1) is 28.3. The maximum Gasteiger partial charge on any atom is 0.0562 e. The Morgan fingerprint density at radius 3 is 1.54 bits per heavy atom. The average Bonchev–Trinajstić information content (AvgIpc) is 3.81. The summed E-state index contributed by atoms with van der Waals surface area (Å²) in [6.07, 6.45) is 0. The van der Waals surface area contributed by atoms with Gasteiger partial charge in [-0.2, -0.15) is 0 Å². The van der Waals surface area contributed by atoms with E-state index in [1.165, 1.54) is 65.9 Å². The molecule has 0 radical (unpaired) electrons. The number of rotatable bonds is 7. The Balaban J connectivity index is 1.05. The third kappa shape index (κ3) is 5.51. The zero-order chi connectivity index (χ0) is 37.7. The normalized spacial score (nSPS) is 11.5. The fourth-order valence-corrected chi connectivity index (χ4v) is 8.73. The fraction of sp³-hybridized carbons (Fsp3) is 0. The number of anilines is 3. The highest BCUT2D eigenvalue weighted by molar-refractivity contribution is 6.16. The Morgan fingerprint density at radius 2 is 0.772 bits per heavy atom. The number of fused-ring (bicyclic) bond motifs is 6. The minimum atomic E-state index is 1.10. The van der Waals surface area contributed by atoms with Crippen molar-refractivity contribution in [2.24, 2.45) is 0 Å². The Kier molecular flexibility index (Phi) is 7.82. The minimum absolute atomic E-state index is 1.10. The van der Waals surface area contributed by atoms with E-state index in [0.29, 0.717) is 0 Å². The first-order valence-electron chi connectivity index (χ1n) is 19.5. The molecule has 0 fully saturated rings. The fourth-order valence-electron chi connectivity index (χ4n) is 8.73. The second kappa shape index (κ2) is 13.6. The van der Waals surface area contributed by atoms with Gasteiger partial charge in [-0.05, 0) is 101 Å². The third-order valence-electron chi connectivity index (χ3n) is 11.3. The molecular weight excluding hydrogens is 691 g/mol. The molecule has 0 unspecified atom stereocenters. The molecule has 0 amide bonds. The molecule has 0 N–H and O–H groups in total. The van der Waals surface area contributed by atoms with Gasteiger partial charge in [-0.15, -0.1) is 0 Å². The molecule has 3 nitrogen and oxygen atoms in total. The first-order valence-corrected chi connectivity index (χ1v) is 19.5. The molecule has 268 valence electrons. The summed E-state index contributed by atoms with van der Waals surface area (Å²) < 4.78 is 4.80. The lowest BCUT2D eigenvalue weighted by Crippen LogP contribution is -2.10. The summed E-state index contributed by atoms with van der Waals surface area (Å²) in [6, 6.07) is 81.0. The molecular formula is C54H37N3. The highest BCUT2D eigenvalue weighted by Crippen LogP contribution is 2.44. The number of hydrogen-bond acceptors (Lipinski definition) is 1. The van der Waals surface area contributed by atoms with Crippen molar-refractivity contribution in [2.45, 2.75) is 0 Å². The van der Waals surface area contributed by atoms with Crippen LogP contribution in [-0.2, 0) is 0 Å². The summed E-state index contributed by atoms with van der Waals surface area (Å²) >= 11 is 0. The van der Waals surface area contributed by atoms with Gasteiger partial charge in [0.25, 0.3) is 0 Å². The molecule has 3 heteroatoms. The van der Waals surface area contributed by atoms with Crippen LogP contribution in [-0.4, -0.2) is 9.13 Å². The van der Waals surface area contributed by atoms with Crippen LogP contribution in [0.1, 0.15) is 0 Å². The maximum atomic E-state index is 2.42. The third-order valence-corrected chi connectivity index (χ3v) is 11.3. The lowest BCUT2D eigenvalue weighted by atomic mass is 10.0. The van der Waals surface area contributed by atoms with E-state index in [0.717, 1.165) is 28.4 Å². The molecule has 9 aromatic carbocycles. The molecule has 57 heavy (non-hydrogen) atoms. The van der Waals surface area contributed by atoms with Crippen molar-refractivity contribution in [3.63, 3.8) is 0 Å². The Labute approximate surface area is 331 Å². The van der Waals surface area contributed by atoms with E-state index in [1.54, 1.807) is 0 Å². The summed E-state index contributed by atoms with van der Waals surface area (Å²) in [5, 5.41) is 4.94. The predicted octanol–water partition coefficient (Wildman–Crippen LogP) is 14.7. The summed E-state index contributed by atoms with van der Waals surface area (Å²) in [7, 11) is 0. The standard InChI is InChI=1S/C54H37N3/c1-4-16-38(17-5-1)40-18-14-23-45(36-40)57-49-26-12-10-24-46(49)47-35-32-41(37-53(47)57)39-30-33-44(34-31-39)55(42-19-6-2-7-20-42)51-28-15-29-52-54(51)48-25-11-13-27-50(48)56(52)43-21-8-3-9-22-43/h1-37H. The van der Waals surface area contributed by atoms with E-state index in [4.69, 9.17) is 0 Å². The quantitative estimate of drug-likeness (QED) is 0.159. The van der Waals surface area contributed by atoms with Crippen molar-refractivity contribution in [3.05, 3.63) is 224 Å². The van der Waals surface area contributed by atoms with E-state index < -0.39 is 0 Å². The van der Waals surface area contributed by atoms with Gasteiger partial charge in [0.15, 0.2) is 0 Å². The monoisotopic (exact) mass is 727 g/mol. The van der Waals surface area contributed by atoms with Gasteiger partial charge in [0.2, 0.25) is 0 Å². The molecule has 11 aromatic rings. The van der Waals surface area contributed by atoms with Gasteiger partial charge in [0, 0.05) is 44.3 Å². The zero-order valence-corrected chi connectivity index (χ0v) is 31.2. The molecule has 2 heterocycles. The number of aromatic nitrogens is 2. The van der Waals surface area contributed by atoms with Crippen molar-refractivity contribution < 1.29 is 0 Å². The van der Waals surface area contributed by atoms with Crippen molar-refractivity contribution in [2.75, 3.05) is 4.90 Å². The van der Waals surface area contributed by atoms with Gasteiger partial charge < -0.3 is 14.0 Å². The van der Waals surface area contributed by atoms with E-state index in [9.17, 15) is 0 Å². The molecule has 0 bridgehead atoms. The Bertz CT molecular complexity index is 3210. The topological polar surface area (TPSA) is 13.1 Å². The van der Waals surface area contributed by atoms with E-state index in [-0.39, 0.29) is 0 Å². The van der Waals surface area contributed by atoms with Gasteiger partial charge in [0.1, 0.15) is 0 Å². The van der Waals surface area contributed by atoms with Crippen LogP contribution >= 0.6 is 0 Å². The summed E-state index contributed by atoms with van der Waals surface area (Å²) in [5.41, 5.74) is 15.2. The van der Waals surface area contributed by atoms with Gasteiger partial charge in [0.05, 0.1) is 27.8 Å². The van der Waals surface area contributed by atoms with Crippen molar-refractivity contribution in [1.82, 2.24) is 9.13 Å². The van der Waals surface area contributed by atoms with Crippen molar-refractivity contribution >= 4 is 60.7 Å². The van der Waals surface area contributed by atoms with E-state index in [2.05, 4.69) is 238 Å². The molecule has 0 spiro atoms. The molecule has 0 saturated heterocycles. The zero-order valence-electron chi connectivity index (χ0n) is 31.2. The van der Waals surface area contributed by atoms with Crippen molar-refractivity contribution in [3.8, 4) is 33.6 Å². The Hall–Kier alpha value is -7.62. The molecule has 0 aliphatic carbocycles. The summed E-state index contributed by atoms with van der Waals surface area (Å²) in [4.78, 5) is 2.40. The van der Waals surface area contributed by atoms with Crippen LogP contribution in [0.25, 0.3) is 77.2 Å². The van der Waals surface area contributed by atoms with Crippen LogP contribution < -0.4 is 4.90 Å². The molecule has 0 aliphatic rings. The van der Waals surface area contributed by atoms with Crippen molar-refractivity contribution in [1.29, 1.82) is 0 Å². The molecule has 0 atom stereocenters. The number of hydrogen-bond donors (Lipinski definition) is 0. The van der Waals surface area contributed by atoms with Crippen LogP contribution in [0.15, 0.2) is 224 Å². The van der Waals surface area contributed by atoms with Crippen LogP contribution in [0.5, 0.6) is 0 Å². The highest BCUT2D eigenvalue weighted by Gasteiger charge is 2.21. The summed E-state index contributed by atoms with van der Waals surface area (Å²) in [6.45, 7) is 0. The van der Waals surface area contributed by atoms with Gasteiger partial charge in [-0.3, -0.25) is 0 Å². The lowest BCUT2D eigenvalue weighted by Gasteiger charge is -2.26. The number of benzene rings is 9. The molecule has 0 saturated carbocycles. The van der Waals surface area contributed by atoms with E-state index >= 15 is 0 Å². The molecule has 11 rings (SSSR count). The van der Waals surface area contributed by atoms with E-state index in [1.807, 2.05) is 0 Å². The lowest BCUT2D eigenvalue weighted by molar-refractivity contribution is 1.18. The van der Waals surface area contributed by atoms with Crippen LogP contribution in [0.3, 0.4) is 0 Å². The highest BCUT2D eigenvalue weighted by atomic mass is 15.1. The van der Waals surface area contributed by atoms with Crippen LogP contribution in [0.4, 0.5) is 17.1 Å². The SMILES string of the molecule is c1ccc(-c2cccc(-n3c4ccccc4c4ccc(-c5ccc(N(c6ccccc6)c6cccc7c6c6ccccc6n7-c6ccccc6)cc5)cc43)c2)cc1. The van der Waals surface area contributed by atoms with Gasteiger partial charge in [-0.1, -0.05) is 146 Å². The number of nitrogens with zero attached hydrogens (tertiary/aromatic N) is 3. The van der Waals surface area contributed by atoms with Gasteiger partial charge >= 0.3 is 0 Å². The molecule has 2 aromatic heterocycles. The largest absolute Gasteiger partial charge is 0.310 e. The number of para-hydroxylation sites is 4. The smallest absolute Gasteiger partial charge is 0.0562 e. The maximum absolute atomic E-state index is 2.42. The predicted molar refractivity (Wildman–Crippen MR) is 241 cm³/mol. The molecule has 0 aliphatic heterocycles. The second-order valence-corrected chi connectivity index (χ2v) is 14.6. The van der Waals surface area contributed by atoms with Crippen LogP contribution in [0, 0.1) is 0 Å². The minimum Gasteiger partial charge on any atom is -0.310 e. The second-order valence-electron chi connectivity index (χ2n) is 14.6. The first kappa shape index (κ1) is 32.8. The van der Waals surface area contributed by atoms with Crippen LogP contribution in [0.2, 0.25) is 0 Å². The van der Waals surface area contributed by atoms with Gasteiger partial charge in [-0.25, -0.2) is 0 Å². The Morgan fingerprint density at radius 1 is 0.281 bits per heavy atom.